The maximum atomic E-state index is 15.1. The number of amides is 5. The third-order valence-electron chi connectivity index (χ3n) is 12.5. The number of hydrogen-bond donors (Lipinski definition) is 5. The van der Waals surface area contributed by atoms with Gasteiger partial charge >= 0.3 is 12.1 Å². The number of nitrogens with one attached hydrogen (secondary N) is 4. The lowest BCUT2D eigenvalue weighted by Crippen LogP contribution is -2.52. The number of carbonyl (C=O) groups excluding carboxylic acids is 3. The molecular weight excluding hydrogens is 745 g/mol. The Kier molecular flexibility index (Phi) is 21.2. The molecule has 0 radical (unpaired) electrons. The van der Waals surface area contributed by atoms with Crippen molar-refractivity contribution in [2.75, 3.05) is 52.9 Å². The van der Waals surface area contributed by atoms with Gasteiger partial charge in [0, 0.05) is 75.3 Å². The van der Waals surface area contributed by atoms with Gasteiger partial charge in [-0.2, -0.15) is 0 Å². The number of benzene rings is 1. The van der Waals surface area contributed by atoms with Crippen molar-refractivity contribution in [3.63, 3.8) is 0 Å². The van der Waals surface area contributed by atoms with Gasteiger partial charge in [0.1, 0.15) is 5.82 Å². The van der Waals surface area contributed by atoms with Gasteiger partial charge in [-0.05, 0) is 76.8 Å². The molecule has 11 nitrogen and oxygen atoms in total. The second-order valence-electron chi connectivity index (χ2n) is 17.1. The fourth-order valence-corrected chi connectivity index (χ4v) is 9.41. The molecule has 2 aliphatic carbocycles. The van der Waals surface area contributed by atoms with Crippen LogP contribution in [0.5, 0.6) is 0 Å². The molecule has 0 spiro atoms. The summed E-state index contributed by atoms with van der Waals surface area (Å²) < 4.78 is 21.2. The van der Waals surface area contributed by atoms with Gasteiger partial charge in [-0.25, -0.2) is 14.0 Å². The van der Waals surface area contributed by atoms with Crippen LogP contribution in [0.1, 0.15) is 141 Å². The smallest absolute Gasteiger partial charge is 0.317 e. The average Bonchev–Trinajstić information content (AvgIpc) is 3.23. The molecule has 2 saturated carbocycles. The summed E-state index contributed by atoms with van der Waals surface area (Å²) in [5, 5.41) is 12.5. The van der Waals surface area contributed by atoms with Gasteiger partial charge in [-0.15, -0.1) is 0 Å². The summed E-state index contributed by atoms with van der Waals surface area (Å²) >= 11 is 6.10. The Morgan fingerprint density at radius 1 is 0.860 bits per heavy atom. The van der Waals surface area contributed by atoms with E-state index in [1.54, 1.807) is 19.1 Å². The minimum absolute atomic E-state index is 0.0330. The van der Waals surface area contributed by atoms with Crippen molar-refractivity contribution < 1.29 is 23.5 Å². The highest BCUT2D eigenvalue weighted by atomic mass is 35.5. The van der Waals surface area contributed by atoms with Crippen LogP contribution in [0.25, 0.3) is 0 Å². The van der Waals surface area contributed by atoms with Crippen LogP contribution in [0.2, 0.25) is 5.02 Å². The fourth-order valence-electron chi connectivity index (χ4n) is 9.23. The zero-order valence-electron chi connectivity index (χ0n) is 35.3. The van der Waals surface area contributed by atoms with Crippen LogP contribution >= 0.6 is 11.6 Å². The van der Waals surface area contributed by atoms with E-state index in [-0.39, 0.29) is 53.6 Å². The summed E-state index contributed by atoms with van der Waals surface area (Å²) in [6.45, 7) is 8.08. The van der Waals surface area contributed by atoms with Crippen LogP contribution in [0.4, 0.5) is 14.0 Å². The molecule has 1 aromatic carbocycles. The summed E-state index contributed by atoms with van der Waals surface area (Å²) in [5.74, 6) is 0.781. The standard InChI is InChI=1S/C28H44ClFN4O3.C16H31N3O/c1-3-25(35)32-14-16-37-27(23-12-7-13-24(29)26(23)30)21-11-8-15-34(19-21)28(36)33-22(18-31-2)17-20-9-5-4-6-10-20;1-13(17)15(12-14-8-4-2-5-9-14)18-16(20)19-10-6-3-7-11-19/h7,12-13,20-22,27,31H,3-6,8-11,14-19H2,1-2H3,(H,32,35)(H,33,36);13-15H,2-12,17H2,1H3,(H,18,20)/t21?,22-,27+;13-,15+/m01/s1. The Morgan fingerprint density at radius 2 is 1.47 bits per heavy atom. The van der Waals surface area contributed by atoms with Gasteiger partial charge < -0.3 is 41.5 Å². The minimum atomic E-state index is -0.567. The number of likely N-dealkylation sites (N-methyl/N-ethyl adjacent to an activating group) is 1. The highest BCUT2D eigenvalue weighted by molar-refractivity contribution is 6.30. The van der Waals surface area contributed by atoms with Crippen LogP contribution in [-0.2, 0) is 9.53 Å². The molecule has 5 atom stereocenters. The van der Waals surface area contributed by atoms with Crippen LogP contribution in [-0.4, -0.2) is 98.8 Å². The first-order chi connectivity index (χ1) is 27.6. The maximum Gasteiger partial charge on any atom is 0.317 e. The quantitative estimate of drug-likeness (QED) is 0.107. The van der Waals surface area contributed by atoms with E-state index in [9.17, 15) is 14.4 Å². The van der Waals surface area contributed by atoms with Crippen molar-refractivity contribution in [3.05, 3.63) is 34.6 Å². The lowest BCUT2D eigenvalue weighted by Gasteiger charge is -2.38. The molecule has 57 heavy (non-hydrogen) atoms. The average molecular weight is 821 g/mol. The third-order valence-corrected chi connectivity index (χ3v) is 12.8. The third kappa shape index (κ3) is 16.1. The molecule has 13 heteroatoms. The van der Waals surface area contributed by atoms with Crippen LogP contribution < -0.4 is 27.0 Å². The van der Waals surface area contributed by atoms with E-state index in [2.05, 4.69) is 21.3 Å². The van der Waals surface area contributed by atoms with E-state index in [0.717, 1.165) is 64.1 Å². The van der Waals surface area contributed by atoms with Crippen molar-refractivity contribution in [1.29, 1.82) is 0 Å². The largest absolute Gasteiger partial charge is 0.371 e. The molecule has 2 heterocycles. The monoisotopic (exact) mass is 820 g/mol. The molecule has 5 rings (SSSR count). The Balaban J connectivity index is 0.000000302. The number of urea groups is 2. The van der Waals surface area contributed by atoms with Gasteiger partial charge in [-0.1, -0.05) is 94.9 Å². The first-order valence-corrected chi connectivity index (χ1v) is 22.8. The predicted octanol–water partition coefficient (Wildman–Crippen LogP) is 7.91. The molecule has 0 bridgehead atoms. The molecule has 4 fully saturated rings. The van der Waals surface area contributed by atoms with Crippen molar-refractivity contribution >= 4 is 29.6 Å². The number of likely N-dealkylation sites (tertiary alicyclic amines) is 2. The molecule has 6 N–H and O–H groups in total. The van der Waals surface area contributed by atoms with Gasteiger partial charge in [0.25, 0.3) is 0 Å². The van der Waals surface area contributed by atoms with E-state index in [1.807, 2.05) is 23.8 Å². The summed E-state index contributed by atoms with van der Waals surface area (Å²) in [7, 11) is 1.92. The van der Waals surface area contributed by atoms with Crippen molar-refractivity contribution in [2.24, 2.45) is 23.5 Å². The zero-order valence-corrected chi connectivity index (χ0v) is 36.1. The van der Waals surface area contributed by atoms with Crippen molar-refractivity contribution in [3.8, 4) is 0 Å². The Labute approximate surface area is 347 Å². The molecule has 1 unspecified atom stereocenters. The molecule has 4 aliphatic rings. The number of hydrogen-bond acceptors (Lipinski definition) is 6. The molecule has 5 amide bonds. The molecule has 1 aromatic rings. The highest BCUT2D eigenvalue weighted by Crippen LogP contribution is 2.36. The summed E-state index contributed by atoms with van der Waals surface area (Å²) in [4.78, 5) is 41.0. The molecule has 2 aliphatic heterocycles. The van der Waals surface area contributed by atoms with Gasteiger partial charge in [0.2, 0.25) is 5.91 Å². The van der Waals surface area contributed by atoms with E-state index in [1.165, 1.54) is 76.7 Å². The van der Waals surface area contributed by atoms with E-state index in [4.69, 9.17) is 22.1 Å². The Bertz CT molecular complexity index is 1340. The van der Waals surface area contributed by atoms with Gasteiger partial charge in [-0.3, -0.25) is 4.79 Å². The highest BCUT2D eigenvalue weighted by Gasteiger charge is 2.34. The summed E-state index contributed by atoms with van der Waals surface area (Å²) in [6.07, 6.45) is 20.1. The normalized spacial score (nSPS) is 21.7. The van der Waals surface area contributed by atoms with E-state index in [0.29, 0.717) is 37.5 Å². The van der Waals surface area contributed by atoms with Crippen molar-refractivity contribution in [2.45, 2.75) is 154 Å². The Hall–Kier alpha value is -2.67. The number of ether oxygens (including phenoxy) is 1. The summed E-state index contributed by atoms with van der Waals surface area (Å²) in [6, 6.07) is 5.22. The lowest BCUT2D eigenvalue weighted by molar-refractivity contribution is -0.121. The minimum Gasteiger partial charge on any atom is -0.371 e. The zero-order chi connectivity index (χ0) is 41.0. The lowest BCUT2D eigenvalue weighted by atomic mass is 9.83. The van der Waals surface area contributed by atoms with Gasteiger partial charge in [0.05, 0.1) is 17.7 Å². The van der Waals surface area contributed by atoms with E-state index < -0.39 is 11.9 Å². The number of carbonyl (C=O) groups is 3. The number of piperidine rings is 2. The first-order valence-electron chi connectivity index (χ1n) is 22.4. The van der Waals surface area contributed by atoms with Gasteiger partial charge in [0.15, 0.2) is 0 Å². The second-order valence-corrected chi connectivity index (χ2v) is 17.5. The maximum absolute atomic E-state index is 15.1. The van der Waals surface area contributed by atoms with E-state index >= 15 is 4.39 Å². The van der Waals surface area contributed by atoms with Crippen LogP contribution in [0, 0.1) is 23.6 Å². The molecule has 324 valence electrons. The fraction of sp³-hybridized carbons (Fsp3) is 0.795. The number of nitrogens with two attached hydrogens (primary N) is 1. The number of halogens is 2. The molecule has 2 saturated heterocycles. The topological polar surface area (TPSA) is 141 Å². The van der Waals surface area contributed by atoms with Crippen molar-refractivity contribution in [1.82, 2.24) is 31.1 Å². The van der Waals surface area contributed by atoms with Crippen LogP contribution in [0.15, 0.2) is 18.2 Å². The molecule has 0 aromatic heterocycles. The SMILES string of the molecule is CCC(=O)NCCO[C@@H](c1cccc(Cl)c1F)C1CCCN(C(=O)N[C@H](CNC)CC2CCCCC2)C1.C[C@@H](N)[C@H](CC1CCCCC1)NC(=O)N1CCCCC1. The van der Waals surface area contributed by atoms with Crippen LogP contribution in [0.3, 0.4) is 0 Å². The first kappa shape index (κ1) is 47.0. The predicted molar refractivity (Wildman–Crippen MR) is 228 cm³/mol. The summed E-state index contributed by atoms with van der Waals surface area (Å²) in [5.41, 5.74) is 6.49. The second kappa shape index (κ2) is 25.7. The molecular formula is C44H75ClFN7O4. The number of nitrogens with zero attached hydrogens (tertiary/aromatic N) is 2. The number of rotatable bonds is 16. The Morgan fingerprint density at radius 3 is 2.11 bits per heavy atom.